The molecule has 1 saturated heterocycles. The smallest absolute Gasteiger partial charge is 0.410 e. The van der Waals surface area contributed by atoms with Gasteiger partial charge in [0.15, 0.2) is 5.13 Å². The van der Waals surface area contributed by atoms with E-state index in [2.05, 4.69) is 15.2 Å². The highest BCUT2D eigenvalue weighted by Gasteiger charge is 2.27. The molecule has 0 spiro atoms. The second-order valence-corrected chi connectivity index (χ2v) is 9.65. The molecule has 0 unspecified atom stereocenters. The molecule has 2 heterocycles. The zero-order chi connectivity index (χ0) is 20.4. The summed E-state index contributed by atoms with van der Waals surface area (Å²) in [7, 11) is -1.58. The van der Waals surface area contributed by atoms with Gasteiger partial charge in [-0.05, 0) is 37.4 Å². The first kappa shape index (κ1) is 19.8. The Labute approximate surface area is 172 Å². The van der Waals surface area contributed by atoms with Crippen LogP contribution in [0.3, 0.4) is 0 Å². The molecule has 0 saturated carbocycles. The molecule has 10 heteroatoms. The predicted octanol–water partition coefficient (Wildman–Crippen LogP) is 2.84. The van der Waals surface area contributed by atoms with Crippen molar-refractivity contribution in [2.45, 2.75) is 4.90 Å². The molecule has 0 bridgehead atoms. The van der Waals surface area contributed by atoms with Gasteiger partial charge in [0.1, 0.15) is 5.75 Å². The number of carbonyl (C=O) groups excluding carboxylic acids is 1. The SMILES string of the molecule is CN1CCN(S(=O)(=O)c2ccc3nc(NC(=O)Oc4ccccc4)sc3c2)CC1. The van der Waals surface area contributed by atoms with Gasteiger partial charge in [-0.1, -0.05) is 29.5 Å². The van der Waals surface area contributed by atoms with E-state index >= 15 is 0 Å². The van der Waals surface area contributed by atoms with Crippen LogP contribution in [0, 0.1) is 0 Å². The lowest BCUT2D eigenvalue weighted by atomic mass is 10.3. The number of amides is 1. The average Bonchev–Trinajstić information content (AvgIpc) is 3.10. The van der Waals surface area contributed by atoms with Crippen LogP contribution in [0.15, 0.2) is 53.4 Å². The fourth-order valence-corrected chi connectivity index (χ4v) is 5.42. The van der Waals surface area contributed by atoms with Crippen LogP contribution in [0.2, 0.25) is 0 Å². The number of nitrogens with zero attached hydrogens (tertiary/aromatic N) is 3. The van der Waals surface area contributed by atoms with Crippen LogP contribution in [0.25, 0.3) is 10.2 Å². The number of thiazole rings is 1. The summed E-state index contributed by atoms with van der Waals surface area (Å²) in [5.74, 6) is 0.423. The van der Waals surface area contributed by atoms with Crippen molar-refractivity contribution in [3.8, 4) is 5.75 Å². The molecule has 3 aromatic rings. The maximum Gasteiger partial charge on any atom is 0.418 e. The molecule has 1 fully saturated rings. The predicted molar refractivity (Wildman–Crippen MR) is 112 cm³/mol. The van der Waals surface area contributed by atoms with Gasteiger partial charge >= 0.3 is 6.09 Å². The molecule has 0 aliphatic carbocycles. The van der Waals surface area contributed by atoms with Gasteiger partial charge in [0, 0.05) is 26.2 Å². The number of hydrogen-bond acceptors (Lipinski definition) is 7. The molecule has 1 aromatic heterocycles. The van der Waals surface area contributed by atoms with Crippen molar-refractivity contribution in [2.75, 3.05) is 38.5 Å². The van der Waals surface area contributed by atoms with E-state index in [1.807, 2.05) is 13.1 Å². The monoisotopic (exact) mass is 432 g/mol. The third-order valence-corrected chi connectivity index (χ3v) is 7.45. The molecular formula is C19H20N4O4S2. The van der Waals surface area contributed by atoms with Crippen LogP contribution in [0.1, 0.15) is 0 Å². The van der Waals surface area contributed by atoms with Crippen molar-refractivity contribution in [3.63, 3.8) is 0 Å². The summed E-state index contributed by atoms with van der Waals surface area (Å²) in [6.07, 6.45) is -0.652. The molecular weight excluding hydrogens is 412 g/mol. The molecule has 8 nitrogen and oxygen atoms in total. The number of hydrogen-bond donors (Lipinski definition) is 1. The third kappa shape index (κ3) is 4.40. The molecule has 4 rings (SSSR count). The zero-order valence-corrected chi connectivity index (χ0v) is 17.4. The van der Waals surface area contributed by atoms with E-state index in [4.69, 9.17) is 4.74 Å². The zero-order valence-electron chi connectivity index (χ0n) is 15.7. The summed E-state index contributed by atoms with van der Waals surface area (Å²) < 4.78 is 33.2. The molecule has 29 heavy (non-hydrogen) atoms. The second-order valence-electron chi connectivity index (χ2n) is 6.68. The van der Waals surface area contributed by atoms with Gasteiger partial charge in [-0.2, -0.15) is 4.31 Å². The Kier molecular flexibility index (Phi) is 5.50. The van der Waals surface area contributed by atoms with Crippen molar-refractivity contribution in [1.29, 1.82) is 0 Å². The van der Waals surface area contributed by atoms with Gasteiger partial charge in [-0.15, -0.1) is 0 Å². The molecule has 0 atom stereocenters. The summed E-state index contributed by atoms with van der Waals surface area (Å²) in [6.45, 7) is 2.36. The Morgan fingerprint density at radius 1 is 1.10 bits per heavy atom. The summed E-state index contributed by atoms with van der Waals surface area (Å²) >= 11 is 1.20. The van der Waals surface area contributed by atoms with E-state index in [1.54, 1.807) is 42.5 Å². The standard InChI is InChI=1S/C19H20N4O4S2/c1-22-9-11-23(12-10-22)29(25,26)15-7-8-16-17(13-15)28-18(20-16)21-19(24)27-14-5-3-2-4-6-14/h2-8,13H,9-12H2,1H3,(H,20,21,24). The number of aromatic nitrogens is 1. The summed E-state index contributed by atoms with van der Waals surface area (Å²) in [4.78, 5) is 18.7. The fraction of sp³-hybridized carbons (Fsp3) is 0.263. The molecule has 2 aromatic carbocycles. The van der Waals surface area contributed by atoms with Crippen molar-refractivity contribution >= 4 is 42.8 Å². The minimum Gasteiger partial charge on any atom is -0.410 e. The van der Waals surface area contributed by atoms with Crippen LogP contribution < -0.4 is 10.1 Å². The van der Waals surface area contributed by atoms with Gasteiger partial charge < -0.3 is 9.64 Å². The Bertz CT molecular complexity index is 1120. The molecule has 1 N–H and O–H groups in total. The van der Waals surface area contributed by atoms with E-state index in [0.717, 1.165) is 0 Å². The number of nitrogens with one attached hydrogen (secondary N) is 1. The first-order valence-electron chi connectivity index (χ1n) is 9.05. The Morgan fingerprint density at radius 2 is 1.83 bits per heavy atom. The van der Waals surface area contributed by atoms with Gasteiger partial charge in [0.2, 0.25) is 10.0 Å². The minimum atomic E-state index is -3.56. The van der Waals surface area contributed by atoms with Crippen molar-refractivity contribution < 1.29 is 17.9 Å². The number of benzene rings is 2. The van der Waals surface area contributed by atoms with Crippen LogP contribution in [-0.2, 0) is 10.0 Å². The van der Waals surface area contributed by atoms with Crippen molar-refractivity contribution in [1.82, 2.24) is 14.2 Å². The summed E-state index contributed by atoms with van der Waals surface area (Å²) in [5, 5.41) is 2.93. The molecule has 1 aliphatic rings. The van der Waals surface area contributed by atoms with Crippen molar-refractivity contribution in [3.05, 3.63) is 48.5 Å². The number of sulfonamides is 1. The quantitative estimate of drug-likeness (QED) is 0.682. The Morgan fingerprint density at radius 3 is 2.55 bits per heavy atom. The maximum atomic E-state index is 12.9. The highest BCUT2D eigenvalue weighted by atomic mass is 32.2. The van der Waals surface area contributed by atoms with Crippen molar-refractivity contribution in [2.24, 2.45) is 0 Å². The molecule has 152 valence electrons. The normalized spacial score (nSPS) is 16.0. The summed E-state index contributed by atoms with van der Waals surface area (Å²) in [6, 6.07) is 13.5. The number of para-hydroxylation sites is 1. The van der Waals surface area contributed by atoms with E-state index in [0.29, 0.717) is 47.3 Å². The lowest BCUT2D eigenvalue weighted by Gasteiger charge is -2.31. The van der Waals surface area contributed by atoms with E-state index in [9.17, 15) is 13.2 Å². The maximum absolute atomic E-state index is 12.9. The molecule has 0 radical (unpaired) electrons. The van der Waals surface area contributed by atoms with E-state index < -0.39 is 16.1 Å². The highest BCUT2D eigenvalue weighted by molar-refractivity contribution is 7.89. The molecule has 1 amide bonds. The number of anilines is 1. The number of carbonyl (C=O) groups is 1. The van der Waals surface area contributed by atoms with Crippen LogP contribution >= 0.6 is 11.3 Å². The van der Waals surface area contributed by atoms with Gasteiger partial charge in [-0.25, -0.2) is 18.2 Å². The minimum absolute atomic E-state index is 0.233. The first-order valence-corrected chi connectivity index (χ1v) is 11.3. The Hall–Kier alpha value is -2.53. The lowest BCUT2D eigenvalue weighted by Crippen LogP contribution is -2.46. The van der Waals surface area contributed by atoms with Gasteiger partial charge in [0.25, 0.3) is 0 Å². The number of rotatable bonds is 4. The highest BCUT2D eigenvalue weighted by Crippen LogP contribution is 2.29. The Balaban J connectivity index is 1.51. The summed E-state index contributed by atoms with van der Waals surface area (Å²) in [5.41, 5.74) is 0.613. The lowest BCUT2D eigenvalue weighted by molar-refractivity contribution is 0.215. The third-order valence-electron chi connectivity index (χ3n) is 4.62. The average molecular weight is 433 g/mol. The number of likely N-dealkylation sites (N-methyl/N-ethyl adjacent to an activating group) is 1. The number of piperazine rings is 1. The first-order chi connectivity index (χ1) is 13.9. The second kappa shape index (κ2) is 8.07. The van der Waals surface area contributed by atoms with Crippen LogP contribution in [-0.4, -0.2) is 61.9 Å². The number of fused-ring (bicyclic) bond motifs is 1. The van der Waals surface area contributed by atoms with E-state index in [-0.39, 0.29) is 4.90 Å². The van der Waals surface area contributed by atoms with Gasteiger partial charge in [0.05, 0.1) is 15.1 Å². The largest absolute Gasteiger partial charge is 0.418 e. The van der Waals surface area contributed by atoms with Gasteiger partial charge in [-0.3, -0.25) is 5.32 Å². The fourth-order valence-electron chi connectivity index (χ4n) is 3.00. The van der Waals surface area contributed by atoms with Crippen LogP contribution in [0.4, 0.5) is 9.93 Å². The van der Waals surface area contributed by atoms with Crippen LogP contribution in [0.5, 0.6) is 5.75 Å². The van der Waals surface area contributed by atoms with E-state index in [1.165, 1.54) is 15.6 Å². The number of ether oxygens (including phenoxy) is 1. The molecule has 1 aliphatic heterocycles. The topological polar surface area (TPSA) is 91.8 Å².